The van der Waals surface area contributed by atoms with Crippen LogP contribution in [0, 0.1) is 0 Å². The van der Waals surface area contributed by atoms with Gasteiger partial charge in [0, 0.05) is 30.7 Å². The third-order valence-electron chi connectivity index (χ3n) is 5.52. The summed E-state index contributed by atoms with van der Waals surface area (Å²) in [5.74, 6) is 1.01. The maximum absolute atomic E-state index is 12.9. The normalized spacial score (nSPS) is 17.4. The Hall–Kier alpha value is -3.27. The Morgan fingerprint density at radius 2 is 1.85 bits per heavy atom. The minimum absolute atomic E-state index is 0.123. The van der Waals surface area contributed by atoms with E-state index in [1.54, 1.807) is 24.4 Å². The summed E-state index contributed by atoms with van der Waals surface area (Å²) in [4.78, 5) is 29.0. The predicted octanol–water partition coefficient (Wildman–Crippen LogP) is 3.23. The molecule has 178 valence electrons. The van der Waals surface area contributed by atoms with E-state index in [1.165, 1.54) is 20.3 Å². The number of nitrogens with zero attached hydrogens (tertiary/aromatic N) is 1. The smallest absolute Gasteiger partial charge is 0.344 e. The molecule has 2 aromatic heterocycles. The summed E-state index contributed by atoms with van der Waals surface area (Å²) < 4.78 is 16.2. The maximum Gasteiger partial charge on any atom is 0.344 e. The highest BCUT2D eigenvalue weighted by Crippen LogP contribution is 2.46. The number of methoxy groups -OCH3 is 2. The fourth-order valence-corrected chi connectivity index (χ4v) is 4.49. The number of pyridine rings is 1. The SMILES string of the molecule is C=CC(=O)NC1CNCC1Nc1cc2c(=O)oc(-c3c(Cl)c(OC)cc(OC)c3Cl)cc2cn1. The van der Waals surface area contributed by atoms with Crippen LogP contribution in [0.15, 0.2) is 46.3 Å². The Balaban J connectivity index is 1.69. The van der Waals surface area contributed by atoms with Crippen LogP contribution in [-0.2, 0) is 4.79 Å². The number of amides is 1. The molecule has 1 aliphatic rings. The van der Waals surface area contributed by atoms with Gasteiger partial charge in [-0.05, 0) is 18.2 Å². The first kappa shape index (κ1) is 23.9. The van der Waals surface area contributed by atoms with Gasteiger partial charge in [-0.15, -0.1) is 0 Å². The highest BCUT2D eigenvalue weighted by atomic mass is 35.5. The van der Waals surface area contributed by atoms with Gasteiger partial charge >= 0.3 is 5.63 Å². The van der Waals surface area contributed by atoms with Gasteiger partial charge in [0.2, 0.25) is 5.91 Å². The van der Waals surface area contributed by atoms with Crippen LogP contribution in [-0.4, -0.2) is 50.3 Å². The molecule has 0 aliphatic carbocycles. The molecule has 3 aromatic rings. The summed E-state index contributed by atoms with van der Waals surface area (Å²) >= 11 is 12.9. The molecule has 1 aliphatic heterocycles. The van der Waals surface area contributed by atoms with Crippen molar-refractivity contribution in [2.45, 2.75) is 12.1 Å². The number of carbonyl (C=O) groups is 1. The minimum atomic E-state index is -0.590. The number of fused-ring (bicyclic) bond motifs is 1. The van der Waals surface area contributed by atoms with Crippen LogP contribution in [0.1, 0.15) is 0 Å². The monoisotopic (exact) mass is 504 g/mol. The molecule has 0 spiro atoms. The van der Waals surface area contributed by atoms with Gasteiger partial charge < -0.3 is 29.8 Å². The lowest BCUT2D eigenvalue weighted by Crippen LogP contribution is -2.45. The molecule has 0 radical (unpaired) electrons. The number of aromatic nitrogens is 1. The number of nitrogens with one attached hydrogen (secondary N) is 3. The Bertz CT molecular complexity index is 1300. The molecular weight excluding hydrogens is 483 g/mol. The molecule has 0 bridgehead atoms. The second-order valence-electron chi connectivity index (χ2n) is 7.57. The maximum atomic E-state index is 12.9. The number of hydrogen-bond donors (Lipinski definition) is 3. The molecule has 3 heterocycles. The average molecular weight is 505 g/mol. The average Bonchev–Trinajstić information content (AvgIpc) is 3.26. The topological polar surface area (TPSA) is 115 Å². The van der Waals surface area contributed by atoms with Crippen molar-refractivity contribution in [2.24, 2.45) is 0 Å². The van der Waals surface area contributed by atoms with Crippen molar-refractivity contribution < 1.29 is 18.7 Å². The zero-order valence-corrected chi connectivity index (χ0v) is 19.9. The fraction of sp³-hybridized carbons (Fsp3) is 0.261. The van der Waals surface area contributed by atoms with Crippen LogP contribution < -0.4 is 31.0 Å². The van der Waals surface area contributed by atoms with Crippen molar-refractivity contribution in [3.63, 3.8) is 0 Å². The Kier molecular flexibility index (Phi) is 6.97. The highest BCUT2D eigenvalue weighted by Gasteiger charge is 2.28. The van der Waals surface area contributed by atoms with Gasteiger partial charge in [-0.3, -0.25) is 4.79 Å². The van der Waals surface area contributed by atoms with E-state index >= 15 is 0 Å². The molecule has 1 amide bonds. The van der Waals surface area contributed by atoms with E-state index < -0.39 is 5.63 Å². The Morgan fingerprint density at radius 3 is 2.50 bits per heavy atom. The Morgan fingerprint density at radius 1 is 1.18 bits per heavy atom. The second kappa shape index (κ2) is 9.92. The van der Waals surface area contributed by atoms with Gasteiger partial charge in [-0.2, -0.15) is 0 Å². The van der Waals surface area contributed by atoms with E-state index in [4.69, 9.17) is 37.1 Å². The molecule has 3 N–H and O–H groups in total. The second-order valence-corrected chi connectivity index (χ2v) is 8.32. The molecule has 2 atom stereocenters. The summed E-state index contributed by atoms with van der Waals surface area (Å²) in [6.07, 6.45) is 2.78. The lowest BCUT2D eigenvalue weighted by atomic mass is 10.1. The van der Waals surface area contributed by atoms with Gasteiger partial charge in [0.1, 0.15) is 23.1 Å². The van der Waals surface area contributed by atoms with E-state index in [0.29, 0.717) is 41.2 Å². The Labute approximate surface area is 205 Å². The quantitative estimate of drug-likeness (QED) is 0.420. The van der Waals surface area contributed by atoms with Crippen molar-refractivity contribution in [3.8, 4) is 22.8 Å². The first-order chi connectivity index (χ1) is 16.4. The molecule has 34 heavy (non-hydrogen) atoms. The van der Waals surface area contributed by atoms with Crippen molar-refractivity contribution in [2.75, 3.05) is 32.6 Å². The van der Waals surface area contributed by atoms with Gasteiger partial charge in [-0.25, -0.2) is 9.78 Å². The lowest BCUT2D eigenvalue weighted by Gasteiger charge is -2.21. The molecule has 1 aromatic carbocycles. The van der Waals surface area contributed by atoms with Crippen LogP contribution >= 0.6 is 23.2 Å². The molecule has 11 heteroatoms. The number of halogens is 2. The minimum Gasteiger partial charge on any atom is -0.495 e. The van der Waals surface area contributed by atoms with E-state index in [2.05, 4.69) is 27.5 Å². The molecule has 4 rings (SSSR count). The predicted molar refractivity (Wildman–Crippen MR) is 131 cm³/mol. The summed E-state index contributed by atoms with van der Waals surface area (Å²) in [6.45, 7) is 4.69. The van der Waals surface area contributed by atoms with Crippen LogP contribution in [0.2, 0.25) is 10.0 Å². The first-order valence-corrected chi connectivity index (χ1v) is 11.1. The first-order valence-electron chi connectivity index (χ1n) is 10.3. The zero-order chi connectivity index (χ0) is 24.4. The zero-order valence-electron chi connectivity index (χ0n) is 18.4. The summed E-state index contributed by atoms with van der Waals surface area (Å²) in [5, 5.41) is 10.6. The van der Waals surface area contributed by atoms with Crippen molar-refractivity contribution in [1.82, 2.24) is 15.6 Å². The molecule has 0 saturated carbocycles. The van der Waals surface area contributed by atoms with Gasteiger partial charge in [0.25, 0.3) is 0 Å². The highest BCUT2D eigenvalue weighted by molar-refractivity contribution is 6.41. The largest absolute Gasteiger partial charge is 0.495 e. The van der Waals surface area contributed by atoms with Crippen molar-refractivity contribution >= 4 is 45.7 Å². The molecule has 1 saturated heterocycles. The molecule has 2 unspecified atom stereocenters. The van der Waals surface area contributed by atoms with Crippen molar-refractivity contribution in [1.29, 1.82) is 0 Å². The van der Waals surface area contributed by atoms with Gasteiger partial charge in [0.15, 0.2) is 0 Å². The van der Waals surface area contributed by atoms with Gasteiger partial charge in [0.05, 0.1) is 47.3 Å². The molecule has 1 fully saturated rings. The standard InChI is InChI=1S/C23H22Cl2N4O5/c1-4-19(30)29-14-10-26-9-13(14)28-18-6-12-11(8-27-18)5-15(34-23(12)31)20-21(24)16(32-2)7-17(33-3)22(20)25/h4-8,13-14,26H,1,9-10H2,2-3H3,(H,27,28)(H,29,30). The van der Waals surface area contributed by atoms with Crippen LogP contribution in [0.25, 0.3) is 22.1 Å². The van der Waals surface area contributed by atoms with E-state index in [1.807, 2.05) is 0 Å². The number of rotatable bonds is 7. The fourth-order valence-electron chi connectivity index (χ4n) is 3.80. The summed E-state index contributed by atoms with van der Waals surface area (Å²) in [6, 6.07) is 4.50. The van der Waals surface area contributed by atoms with Crippen LogP contribution in [0.5, 0.6) is 11.5 Å². The van der Waals surface area contributed by atoms with Crippen LogP contribution in [0.3, 0.4) is 0 Å². The number of benzene rings is 1. The van der Waals surface area contributed by atoms with E-state index in [9.17, 15) is 9.59 Å². The number of carbonyl (C=O) groups excluding carboxylic acids is 1. The van der Waals surface area contributed by atoms with Gasteiger partial charge in [-0.1, -0.05) is 29.8 Å². The number of ether oxygens (including phenoxy) is 2. The number of hydrogen-bond acceptors (Lipinski definition) is 8. The summed E-state index contributed by atoms with van der Waals surface area (Å²) in [5.41, 5.74) is -0.313. The number of anilines is 1. The summed E-state index contributed by atoms with van der Waals surface area (Å²) in [7, 11) is 2.92. The van der Waals surface area contributed by atoms with E-state index in [0.717, 1.165) is 0 Å². The van der Waals surface area contributed by atoms with Crippen LogP contribution in [0.4, 0.5) is 5.82 Å². The lowest BCUT2D eigenvalue weighted by molar-refractivity contribution is -0.117. The third kappa shape index (κ3) is 4.54. The molecular formula is C23H22Cl2N4O5. The molecule has 9 nitrogen and oxygen atoms in total. The van der Waals surface area contributed by atoms with Crippen molar-refractivity contribution in [3.05, 3.63) is 57.5 Å². The third-order valence-corrected chi connectivity index (χ3v) is 6.28. The van der Waals surface area contributed by atoms with E-state index in [-0.39, 0.29) is 39.4 Å².